The maximum absolute atomic E-state index is 13.1. The maximum atomic E-state index is 13.1. The fourth-order valence-corrected chi connectivity index (χ4v) is 9.19. The Bertz CT molecular complexity index is 750. The van der Waals surface area contributed by atoms with Gasteiger partial charge in [0, 0.05) is 16.8 Å². The average molecular weight is 515 g/mol. The van der Waals surface area contributed by atoms with E-state index in [1.54, 1.807) is 33.7 Å². The number of benzene rings is 1. The third-order valence-electron chi connectivity index (χ3n) is 4.67. The van der Waals surface area contributed by atoms with E-state index in [9.17, 15) is 11.7 Å². The first-order valence-corrected chi connectivity index (χ1v) is 14.7. The van der Waals surface area contributed by atoms with E-state index in [4.69, 9.17) is 14.3 Å². The Balaban J connectivity index is 2.31. The molecule has 1 fully saturated rings. The number of nitrogens with zero attached hydrogens (tertiary/aromatic N) is 2. The Morgan fingerprint density at radius 1 is 1.16 bits per heavy atom. The van der Waals surface area contributed by atoms with Crippen molar-refractivity contribution < 1.29 is 20.7 Å². The van der Waals surface area contributed by atoms with Crippen LogP contribution in [0.5, 0.6) is 0 Å². The van der Waals surface area contributed by atoms with Gasteiger partial charge in [0.05, 0.1) is 35.3 Å². The highest BCUT2D eigenvalue weighted by atomic mass is 33.1. The van der Waals surface area contributed by atoms with Crippen molar-refractivity contribution in [1.29, 1.82) is 5.26 Å². The Morgan fingerprint density at radius 3 is 2.23 bits per heavy atom. The van der Waals surface area contributed by atoms with Gasteiger partial charge in [-0.3, -0.25) is 0 Å². The van der Waals surface area contributed by atoms with Gasteiger partial charge < -0.3 is 9.05 Å². The van der Waals surface area contributed by atoms with Crippen LogP contribution in [0.1, 0.15) is 58.8 Å². The minimum absolute atomic E-state index is 0.122. The van der Waals surface area contributed by atoms with Crippen LogP contribution in [0.4, 0.5) is 11.7 Å². The van der Waals surface area contributed by atoms with Gasteiger partial charge in [0.15, 0.2) is 0 Å². The summed E-state index contributed by atoms with van der Waals surface area (Å²) in [6.45, 7) is 12.7. The van der Waals surface area contributed by atoms with Crippen LogP contribution in [0.2, 0.25) is 0 Å². The molecule has 0 spiro atoms. The molecule has 1 saturated heterocycles. The van der Waals surface area contributed by atoms with Gasteiger partial charge in [-0.15, -0.1) is 11.7 Å². The second-order valence-corrected chi connectivity index (χ2v) is 13.9. The number of hydrogen-bond acceptors (Lipinski definition) is 6. The highest BCUT2D eigenvalue weighted by Gasteiger charge is 2.48. The lowest BCUT2D eigenvalue weighted by atomic mass is 9.98. The summed E-state index contributed by atoms with van der Waals surface area (Å²) in [5.74, 6) is 0. The van der Waals surface area contributed by atoms with Crippen LogP contribution in [-0.2, 0) is 9.05 Å². The molecule has 1 heterocycles. The van der Waals surface area contributed by atoms with Gasteiger partial charge in [-0.05, 0) is 59.2 Å². The lowest BCUT2D eigenvalue weighted by Crippen LogP contribution is -2.39. The monoisotopic (exact) mass is 514 g/mol. The molecule has 1 aliphatic rings. The van der Waals surface area contributed by atoms with Gasteiger partial charge in [0.2, 0.25) is 11.2 Å². The molecule has 1 aromatic rings. The molecule has 176 valence electrons. The molecule has 0 N–H and O–H groups in total. The summed E-state index contributed by atoms with van der Waals surface area (Å²) in [4.78, 5) is -0.573. The molecule has 1 aromatic carbocycles. The summed E-state index contributed by atoms with van der Waals surface area (Å²) in [6.07, 6.45) is 0.00818. The quantitative estimate of drug-likeness (QED) is 0.178. The summed E-state index contributed by atoms with van der Waals surface area (Å²) in [5.41, 5.74) is 0.813. The zero-order chi connectivity index (χ0) is 23.4. The predicted octanol–water partition coefficient (Wildman–Crippen LogP) is 8.38. The largest absolute Gasteiger partial charge is 0.321 e. The van der Waals surface area contributed by atoms with E-state index < -0.39 is 24.6 Å². The van der Waals surface area contributed by atoms with Crippen molar-refractivity contribution in [2.75, 3.05) is 6.61 Å². The van der Waals surface area contributed by atoms with Crippen molar-refractivity contribution in [1.82, 2.24) is 4.67 Å². The standard InChI is InChI=1S/C20H30F3N2O2PS3/c1-14(2)25(15(3)4)28(26-13-7-12-24)27-19-18(29-30-20(19,5)6)16-8-10-17(11-9-16)31(21,22)23/h8-11,14-15,18-19H,7,13H2,1-6H3. The van der Waals surface area contributed by atoms with Gasteiger partial charge in [0.1, 0.15) is 0 Å². The maximum Gasteiger partial charge on any atom is 0.259 e. The SMILES string of the molecule is CC(C)N(C(C)C)P(OCCC#N)OC1C(c2ccc(S(F)(F)F)cc2)SSC1(C)C. The molecule has 0 saturated carbocycles. The van der Waals surface area contributed by atoms with E-state index >= 15 is 0 Å². The third kappa shape index (κ3) is 7.17. The second kappa shape index (κ2) is 11.3. The van der Waals surface area contributed by atoms with Crippen LogP contribution in [0.15, 0.2) is 29.2 Å². The molecule has 0 aromatic heterocycles. The van der Waals surface area contributed by atoms with E-state index in [-0.39, 0.29) is 41.2 Å². The lowest BCUT2D eigenvalue weighted by Gasteiger charge is -2.39. The smallest absolute Gasteiger partial charge is 0.259 e. The molecular formula is C20H30F3N2O2PS3. The zero-order valence-corrected chi connectivity index (χ0v) is 21.9. The summed E-state index contributed by atoms with van der Waals surface area (Å²) < 4.78 is 53.8. The van der Waals surface area contributed by atoms with E-state index in [0.29, 0.717) is 0 Å². The molecular weight excluding hydrogens is 484 g/mol. The van der Waals surface area contributed by atoms with E-state index in [2.05, 4.69) is 52.3 Å². The Morgan fingerprint density at radius 2 is 1.74 bits per heavy atom. The molecule has 0 radical (unpaired) electrons. The lowest BCUT2D eigenvalue weighted by molar-refractivity contribution is 0.114. The molecule has 4 nitrogen and oxygen atoms in total. The molecule has 11 heteroatoms. The minimum Gasteiger partial charge on any atom is -0.321 e. The minimum atomic E-state index is -5.23. The Kier molecular flexibility index (Phi) is 9.90. The van der Waals surface area contributed by atoms with Gasteiger partial charge in [-0.1, -0.05) is 33.7 Å². The summed E-state index contributed by atoms with van der Waals surface area (Å²) >= 11 is -5.23. The van der Waals surface area contributed by atoms with Crippen molar-refractivity contribution in [2.45, 2.75) is 81.0 Å². The van der Waals surface area contributed by atoms with E-state index in [1.165, 1.54) is 12.1 Å². The van der Waals surface area contributed by atoms with Crippen molar-refractivity contribution in [3.05, 3.63) is 29.8 Å². The van der Waals surface area contributed by atoms with Crippen molar-refractivity contribution in [2.24, 2.45) is 0 Å². The summed E-state index contributed by atoms with van der Waals surface area (Å²) in [5, 5.41) is 8.79. The average Bonchev–Trinajstić information content (AvgIpc) is 2.95. The molecule has 31 heavy (non-hydrogen) atoms. The highest BCUT2D eigenvalue weighted by Crippen LogP contribution is 2.64. The van der Waals surface area contributed by atoms with Gasteiger partial charge >= 0.3 is 0 Å². The van der Waals surface area contributed by atoms with Crippen molar-refractivity contribution in [3.63, 3.8) is 0 Å². The first-order chi connectivity index (χ1) is 14.4. The van der Waals surface area contributed by atoms with E-state index in [1.807, 2.05) is 0 Å². The molecule has 0 amide bonds. The van der Waals surface area contributed by atoms with Crippen LogP contribution in [0.3, 0.4) is 0 Å². The van der Waals surface area contributed by atoms with E-state index in [0.717, 1.165) is 5.56 Å². The summed E-state index contributed by atoms with van der Waals surface area (Å²) in [6, 6.07) is 7.90. The van der Waals surface area contributed by atoms with Crippen LogP contribution in [-0.4, -0.2) is 34.2 Å². The fourth-order valence-electron chi connectivity index (χ4n) is 3.25. The van der Waals surface area contributed by atoms with Crippen molar-refractivity contribution >= 4 is 41.3 Å². The fraction of sp³-hybridized carbons (Fsp3) is 0.650. The highest BCUT2D eigenvalue weighted by molar-refractivity contribution is 8.77. The topological polar surface area (TPSA) is 45.5 Å². The van der Waals surface area contributed by atoms with Crippen molar-refractivity contribution in [3.8, 4) is 6.07 Å². The number of rotatable bonds is 10. The van der Waals surface area contributed by atoms with Crippen LogP contribution >= 0.6 is 41.3 Å². The van der Waals surface area contributed by atoms with Crippen LogP contribution < -0.4 is 0 Å². The van der Waals surface area contributed by atoms with Crippen LogP contribution in [0.25, 0.3) is 0 Å². The Hall–Kier alpha value is -0.140. The molecule has 0 bridgehead atoms. The second-order valence-electron chi connectivity index (χ2n) is 8.25. The Labute approximate surface area is 195 Å². The third-order valence-corrected chi connectivity index (χ3v) is 11.3. The number of nitriles is 1. The summed E-state index contributed by atoms with van der Waals surface area (Å²) in [7, 11) is 1.86. The zero-order valence-electron chi connectivity index (χ0n) is 18.5. The van der Waals surface area contributed by atoms with Crippen LogP contribution in [0, 0.1) is 11.3 Å². The molecule has 1 aliphatic heterocycles. The normalized spacial score (nSPS) is 22.8. The van der Waals surface area contributed by atoms with Gasteiger partial charge in [-0.2, -0.15) is 5.26 Å². The number of hydrogen-bond donors (Lipinski definition) is 0. The molecule has 3 atom stereocenters. The molecule has 3 unspecified atom stereocenters. The van der Waals surface area contributed by atoms with Gasteiger partial charge in [0.25, 0.3) is 8.53 Å². The molecule has 2 rings (SSSR count). The molecule has 0 aliphatic carbocycles. The number of halogens is 3. The first-order valence-electron chi connectivity index (χ1n) is 10.00. The van der Waals surface area contributed by atoms with Gasteiger partial charge in [-0.25, -0.2) is 4.67 Å². The first kappa shape index (κ1) is 27.1. The predicted molar refractivity (Wildman–Crippen MR) is 128 cm³/mol.